The number of aromatic nitrogens is 1. The Balaban J connectivity index is 2.74. The van der Waals surface area contributed by atoms with Crippen molar-refractivity contribution in [3.05, 3.63) is 30.1 Å². The van der Waals surface area contributed by atoms with E-state index in [0.717, 1.165) is 18.4 Å². The standard InChI is InChI=1S/C16H24N2O3/c1-4-5-6-15(19)18(11-13(2)16(20)21-3)12-14-7-9-17-10-8-14/h7-10,13H,4-6,11-12H2,1-3H3. The number of hydrogen-bond acceptors (Lipinski definition) is 4. The summed E-state index contributed by atoms with van der Waals surface area (Å²) < 4.78 is 4.74. The van der Waals surface area contributed by atoms with Crippen molar-refractivity contribution in [2.24, 2.45) is 5.92 Å². The number of rotatable bonds is 8. The molecule has 0 aromatic carbocycles. The third kappa shape index (κ3) is 5.94. The van der Waals surface area contributed by atoms with Gasteiger partial charge < -0.3 is 9.64 Å². The number of unbranched alkanes of at least 4 members (excludes halogenated alkanes) is 1. The second-order valence-corrected chi connectivity index (χ2v) is 5.16. The van der Waals surface area contributed by atoms with Crippen molar-refractivity contribution in [3.63, 3.8) is 0 Å². The molecule has 1 unspecified atom stereocenters. The topological polar surface area (TPSA) is 59.5 Å². The first-order valence-electron chi connectivity index (χ1n) is 7.33. The number of pyridine rings is 1. The van der Waals surface area contributed by atoms with Crippen LogP contribution in [0.4, 0.5) is 0 Å². The van der Waals surface area contributed by atoms with Crippen LogP contribution >= 0.6 is 0 Å². The molecule has 1 amide bonds. The molecule has 0 fully saturated rings. The van der Waals surface area contributed by atoms with Crippen molar-refractivity contribution in [1.29, 1.82) is 0 Å². The second kappa shape index (κ2) is 9.10. The van der Waals surface area contributed by atoms with E-state index in [0.29, 0.717) is 19.5 Å². The molecule has 1 aromatic heterocycles. The predicted octanol–water partition coefficient (Wildman–Crippen LogP) is 2.41. The normalized spacial score (nSPS) is 11.8. The Bertz CT molecular complexity index is 448. The van der Waals surface area contributed by atoms with E-state index in [1.165, 1.54) is 7.11 Å². The molecule has 5 heteroatoms. The van der Waals surface area contributed by atoms with Crippen molar-refractivity contribution in [2.45, 2.75) is 39.7 Å². The number of amides is 1. The summed E-state index contributed by atoms with van der Waals surface area (Å²) in [5.74, 6) is -0.551. The molecule has 1 atom stereocenters. The van der Waals surface area contributed by atoms with Crippen LogP contribution in [0.3, 0.4) is 0 Å². The highest BCUT2D eigenvalue weighted by molar-refractivity contribution is 5.78. The van der Waals surface area contributed by atoms with Gasteiger partial charge in [0.05, 0.1) is 13.0 Å². The summed E-state index contributed by atoms with van der Waals surface area (Å²) in [6.45, 7) is 4.69. The molecular weight excluding hydrogens is 268 g/mol. The van der Waals surface area contributed by atoms with Gasteiger partial charge in [0.25, 0.3) is 0 Å². The fraction of sp³-hybridized carbons (Fsp3) is 0.562. The van der Waals surface area contributed by atoms with E-state index >= 15 is 0 Å². The lowest BCUT2D eigenvalue weighted by atomic mass is 10.1. The zero-order chi connectivity index (χ0) is 15.7. The third-order valence-electron chi connectivity index (χ3n) is 3.32. The van der Waals surface area contributed by atoms with Gasteiger partial charge in [-0.2, -0.15) is 0 Å². The first-order chi connectivity index (χ1) is 10.1. The zero-order valence-electron chi connectivity index (χ0n) is 13.0. The summed E-state index contributed by atoms with van der Waals surface area (Å²) in [6.07, 6.45) is 5.75. The smallest absolute Gasteiger partial charge is 0.310 e. The number of ether oxygens (including phenoxy) is 1. The Hall–Kier alpha value is -1.91. The van der Waals surface area contributed by atoms with Crippen LogP contribution < -0.4 is 0 Å². The lowest BCUT2D eigenvalue weighted by Gasteiger charge is -2.25. The summed E-state index contributed by atoms with van der Waals surface area (Å²) >= 11 is 0. The first kappa shape index (κ1) is 17.1. The highest BCUT2D eigenvalue weighted by Crippen LogP contribution is 2.11. The van der Waals surface area contributed by atoms with Gasteiger partial charge in [0.1, 0.15) is 0 Å². The van der Waals surface area contributed by atoms with Crippen LogP contribution in [0.5, 0.6) is 0 Å². The minimum absolute atomic E-state index is 0.0735. The summed E-state index contributed by atoms with van der Waals surface area (Å²) in [7, 11) is 1.37. The molecule has 0 spiro atoms. The fourth-order valence-electron chi connectivity index (χ4n) is 2.06. The predicted molar refractivity (Wildman–Crippen MR) is 80.4 cm³/mol. The largest absolute Gasteiger partial charge is 0.469 e. The van der Waals surface area contributed by atoms with Gasteiger partial charge in [0, 0.05) is 31.9 Å². The lowest BCUT2D eigenvalue weighted by molar-refractivity contribution is -0.146. The zero-order valence-corrected chi connectivity index (χ0v) is 13.0. The van der Waals surface area contributed by atoms with E-state index < -0.39 is 0 Å². The van der Waals surface area contributed by atoms with Gasteiger partial charge in [0.15, 0.2) is 0 Å². The van der Waals surface area contributed by atoms with Crippen LogP contribution in [0.25, 0.3) is 0 Å². The van der Waals surface area contributed by atoms with Crippen LogP contribution in [-0.4, -0.2) is 35.4 Å². The Kier molecular flexibility index (Phi) is 7.43. The molecule has 0 aliphatic rings. The first-order valence-corrected chi connectivity index (χ1v) is 7.33. The maximum Gasteiger partial charge on any atom is 0.310 e. The van der Waals surface area contributed by atoms with Gasteiger partial charge in [-0.25, -0.2) is 0 Å². The molecule has 1 heterocycles. The van der Waals surface area contributed by atoms with Crippen LogP contribution in [0, 0.1) is 5.92 Å². The van der Waals surface area contributed by atoms with Crippen LogP contribution in [-0.2, 0) is 20.9 Å². The van der Waals surface area contributed by atoms with Crippen molar-refractivity contribution >= 4 is 11.9 Å². The Morgan fingerprint density at radius 2 is 2.00 bits per heavy atom. The van der Waals surface area contributed by atoms with Crippen molar-refractivity contribution in [1.82, 2.24) is 9.88 Å². The summed E-state index contributed by atoms with van der Waals surface area (Å²) in [6, 6.07) is 3.76. The molecule has 0 N–H and O–H groups in total. The third-order valence-corrected chi connectivity index (χ3v) is 3.32. The quantitative estimate of drug-likeness (QED) is 0.690. The Labute approximate surface area is 126 Å². The lowest BCUT2D eigenvalue weighted by Crippen LogP contribution is -2.36. The average Bonchev–Trinajstić information content (AvgIpc) is 2.51. The molecule has 5 nitrogen and oxygen atoms in total. The molecule has 21 heavy (non-hydrogen) atoms. The fourth-order valence-corrected chi connectivity index (χ4v) is 2.06. The van der Waals surface area contributed by atoms with E-state index in [-0.39, 0.29) is 17.8 Å². The Morgan fingerprint density at radius 1 is 1.33 bits per heavy atom. The number of carbonyl (C=O) groups excluding carboxylic acids is 2. The summed E-state index contributed by atoms with van der Waals surface area (Å²) in [4.78, 5) is 29.6. The molecule has 0 saturated heterocycles. The Morgan fingerprint density at radius 3 is 2.57 bits per heavy atom. The highest BCUT2D eigenvalue weighted by Gasteiger charge is 2.21. The molecule has 0 saturated carbocycles. The van der Waals surface area contributed by atoms with E-state index in [2.05, 4.69) is 11.9 Å². The van der Waals surface area contributed by atoms with Crippen molar-refractivity contribution in [2.75, 3.05) is 13.7 Å². The SMILES string of the molecule is CCCCC(=O)N(Cc1ccncc1)CC(C)C(=O)OC. The molecule has 1 rings (SSSR count). The van der Waals surface area contributed by atoms with E-state index in [1.807, 2.05) is 12.1 Å². The highest BCUT2D eigenvalue weighted by atomic mass is 16.5. The number of hydrogen-bond donors (Lipinski definition) is 0. The monoisotopic (exact) mass is 292 g/mol. The van der Waals surface area contributed by atoms with Crippen LogP contribution in [0.1, 0.15) is 38.7 Å². The van der Waals surface area contributed by atoms with Crippen LogP contribution in [0.2, 0.25) is 0 Å². The number of methoxy groups -OCH3 is 1. The minimum Gasteiger partial charge on any atom is -0.469 e. The molecule has 0 aliphatic carbocycles. The van der Waals surface area contributed by atoms with Gasteiger partial charge in [0.2, 0.25) is 5.91 Å². The molecule has 0 aliphatic heterocycles. The van der Waals surface area contributed by atoms with E-state index in [1.54, 1.807) is 24.2 Å². The van der Waals surface area contributed by atoms with E-state index in [9.17, 15) is 9.59 Å². The van der Waals surface area contributed by atoms with Crippen molar-refractivity contribution in [3.8, 4) is 0 Å². The van der Waals surface area contributed by atoms with Gasteiger partial charge >= 0.3 is 5.97 Å². The summed E-state index contributed by atoms with van der Waals surface area (Å²) in [5.41, 5.74) is 1.01. The number of nitrogens with zero attached hydrogens (tertiary/aromatic N) is 2. The second-order valence-electron chi connectivity index (χ2n) is 5.16. The number of esters is 1. The minimum atomic E-state index is -0.331. The molecule has 1 aromatic rings. The van der Waals surface area contributed by atoms with Gasteiger partial charge in [-0.1, -0.05) is 20.3 Å². The average molecular weight is 292 g/mol. The maximum absolute atomic E-state index is 12.3. The van der Waals surface area contributed by atoms with Crippen molar-refractivity contribution < 1.29 is 14.3 Å². The molecule has 116 valence electrons. The molecular formula is C16H24N2O3. The molecule has 0 radical (unpaired) electrons. The van der Waals surface area contributed by atoms with Crippen LogP contribution in [0.15, 0.2) is 24.5 Å². The molecule has 0 bridgehead atoms. The van der Waals surface area contributed by atoms with Gasteiger partial charge in [-0.05, 0) is 24.1 Å². The maximum atomic E-state index is 12.3. The van der Waals surface area contributed by atoms with E-state index in [4.69, 9.17) is 4.74 Å². The summed E-state index contributed by atoms with van der Waals surface area (Å²) in [5, 5.41) is 0. The van der Waals surface area contributed by atoms with Gasteiger partial charge in [-0.3, -0.25) is 14.6 Å². The van der Waals surface area contributed by atoms with Gasteiger partial charge in [-0.15, -0.1) is 0 Å². The number of carbonyl (C=O) groups is 2.